The Bertz CT molecular complexity index is 527. The van der Waals surface area contributed by atoms with Crippen molar-refractivity contribution in [1.82, 2.24) is 20.2 Å². The Morgan fingerprint density at radius 1 is 1.36 bits per heavy atom. The maximum Gasteiger partial charge on any atom is 0.270 e. The lowest BCUT2D eigenvalue weighted by molar-refractivity contribution is 0.0383. The van der Waals surface area contributed by atoms with E-state index in [1.54, 1.807) is 6.07 Å². The number of carbonyl (C=O) groups excluding carboxylic acids is 1. The quantitative estimate of drug-likeness (QED) is 0.793. The van der Waals surface area contributed by atoms with E-state index in [0.29, 0.717) is 24.1 Å². The van der Waals surface area contributed by atoms with E-state index in [0.717, 1.165) is 38.7 Å². The second kappa shape index (κ2) is 7.02. The number of morpholine rings is 1. The Labute approximate surface area is 130 Å². The number of hydrogen-bond acceptors (Lipinski definition) is 6. The molecule has 0 aromatic carbocycles. The lowest BCUT2D eigenvalue weighted by Crippen LogP contribution is -2.41. The maximum absolute atomic E-state index is 12.2. The summed E-state index contributed by atoms with van der Waals surface area (Å²) in [6.07, 6.45) is 2.34. The van der Waals surface area contributed by atoms with Crippen LogP contribution in [0.4, 0.5) is 5.82 Å². The van der Waals surface area contributed by atoms with E-state index in [-0.39, 0.29) is 5.91 Å². The molecule has 3 rings (SSSR count). The molecule has 120 valence electrons. The lowest BCUT2D eigenvalue weighted by atomic mass is 10.3. The van der Waals surface area contributed by atoms with Crippen LogP contribution in [0, 0.1) is 6.92 Å². The Kier molecular flexibility index (Phi) is 4.84. The molecule has 0 atom stereocenters. The van der Waals surface area contributed by atoms with Gasteiger partial charge in [0.05, 0.1) is 13.2 Å². The van der Waals surface area contributed by atoms with Gasteiger partial charge >= 0.3 is 0 Å². The third-order valence-corrected chi connectivity index (χ3v) is 3.82. The van der Waals surface area contributed by atoms with Gasteiger partial charge in [-0.1, -0.05) is 0 Å². The summed E-state index contributed by atoms with van der Waals surface area (Å²) in [7, 11) is 0. The minimum Gasteiger partial charge on any atom is -0.379 e. The summed E-state index contributed by atoms with van der Waals surface area (Å²) in [6, 6.07) is 2.24. The molecule has 1 aliphatic heterocycles. The monoisotopic (exact) mass is 305 g/mol. The van der Waals surface area contributed by atoms with Crippen LogP contribution in [0.15, 0.2) is 6.07 Å². The molecule has 1 saturated carbocycles. The predicted octanol–water partition coefficient (Wildman–Crippen LogP) is 0.421. The molecular formula is C15H23N5O2. The van der Waals surface area contributed by atoms with Crippen molar-refractivity contribution >= 4 is 11.7 Å². The number of aryl methyl sites for hydroxylation is 1. The molecule has 1 aromatic rings. The highest BCUT2D eigenvalue weighted by atomic mass is 16.5. The van der Waals surface area contributed by atoms with Crippen LogP contribution in [0.1, 0.15) is 29.2 Å². The van der Waals surface area contributed by atoms with Gasteiger partial charge in [0.1, 0.15) is 17.3 Å². The Hall–Kier alpha value is -1.73. The third kappa shape index (κ3) is 4.38. The fourth-order valence-corrected chi connectivity index (χ4v) is 2.44. The van der Waals surface area contributed by atoms with Crippen LogP contribution >= 0.6 is 0 Å². The molecular weight excluding hydrogens is 282 g/mol. The van der Waals surface area contributed by atoms with Crippen molar-refractivity contribution in [2.75, 3.05) is 44.7 Å². The van der Waals surface area contributed by atoms with Gasteiger partial charge in [-0.15, -0.1) is 0 Å². The Balaban J connectivity index is 1.51. The van der Waals surface area contributed by atoms with Crippen LogP contribution in [0.5, 0.6) is 0 Å². The van der Waals surface area contributed by atoms with Gasteiger partial charge in [0.15, 0.2) is 0 Å². The van der Waals surface area contributed by atoms with Crippen molar-refractivity contribution in [3.8, 4) is 0 Å². The maximum atomic E-state index is 12.2. The Morgan fingerprint density at radius 2 is 2.14 bits per heavy atom. The van der Waals surface area contributed by atoms with Crippen molar-refractivity contribution in [2.24, 2.45) is 0 Å². The molecule has 1 saturated heterocycles. The van der Waals surface area contributed by atoms with Gasteiger partial charge in [-0.2, -0.15) is 0 Å². The van der Waals surface area contributed by atoms with Gasteiger partial charge in [-0.25, -0.2) is 9.97 Å². The first-order chi connectivity index (χ1) is 10.7. The normalized spacial score (nSPS) is 19.0. The second-order valence-corrected chi connectivity index (χ2v) is 5.81. The molecule has 2 aliphatic rings. The first-order valence-corrected chi connectivity index (χ1v) is 7.91. The summed E-state index contributed by atoms with van der Waals surface area (Å²) < 4.78 is 5.31. The zero-order valence-corrected chi connectivity index (χ0v) is 13.0. The fourth-order valence-electron chi connectivity index (χ4n) is 2.44. The number of nitrogens with zero attached hydrogens (tertiary/aromatic N) is 3. The van der Waals surface area contributed by atoms with Gasteiger partial charge in [0.2, 0.25) is 0 Å². The van der Waals surface area contributed by atoms with Crippen LogP contribution < -0.4 is 10.6 Å². The molecule has 1 aromatic heterocycles. The average Bonchev–Trinajstić information content (AvgIpc) is 3.31. The lowest BCUT2D eigenvalue weighted by Gasteiger charge is -2.26. The largest absolute Gasteiger partial charge is 0.379 e. The summed E-state index contributed by atoms with van der Waals surface area (Å²) >= 11 is 0. The molecule has 7 nitrogen and oxygen atoms in total. The fraction of sp³-hybridized carbons (Fsp3) is 0.667. The van der Waals surface area contributed by atoms with Crippen molar-refractivity contribution in [2.45, 2.75) is 25.8 Å². The summed E-state index contributed by atoms with van der Waals surface area (Å²) in [6.45, 7) is 6.67. The zero-order chi connectivity index (χ0) is 15.4. The van der Waals surface area contributed by atoms with Crippen LogP contribution in [-0.2, 0) is 4.74 Å². The molecule has 0 unspecified atom stereocenters. The number of aromatic nitrogens is 2. The molecule has 1 amide bonds. The summed E-state index contributed by atoms with van der Waals surface area (Å²) in [4.78, 5) is 23.1. The van der Waals surface area contributed by atoms with Crippen LogP contribution in [0.3, 0.4) is 0 Å². The van der Waals surface area contributed by atoms with E-state index in [2.05, 4.69) is 25.5 Å². The summed E-state index contributed by atoms with van der Waals surface area (Å²) in [5.74, 6) is 1.22. The smallest absolute Gasteiger partial charge is 0.270 e. The van der Waals surface area contributed by atoms with Crippen molar-refractivity contribution < 1.29 is 9.53 Å². The number of ether oxygens (including phenoxy) is 1. The number of rotatable bonds is 6. The van der Waals surface area contributed by atoms with E-state index in [4.69, 9.17) is 4.74 Å². The molecule has 22 heavy (non-hydrogen) atoms. The number of amides is 1. The van der Waals surface area contributed by atoms with Crippen LogP contribution in [-0.4, -0.2) is 66.2 Å². The Morgan fingerprint density at radius 3 is 2.86 bits per heavy atom. The van der Waals surface area contributed by atoms with Crippen molar-refractivity contribution in [3.63, 3.8) is 0 Å². The first kappa shape index (κ1) is 15.2. The van der Waals surface area contributed by atoms with E-state index in [1.165, 1.54) is 12.8 Å². The highest BCUT2D eigenvalue weighted by molar-refractivity contribution is 5.92. The molecule has 2 N–H and O–H groups in total. The van der Waals surface area contributed by atoms with Gasteiger partial charge < -0.3 is 15.4 Å². The number of hydrogen-bond donors (Lipinski definition) is 2. The molecule has 2 fully saturated rings. The zero-order valence-electron chi connectivity index (χ0n) is 13.0. The minimum atomic E-state index is -0.141. The van der Waals surface area contributed by atoms with Gasteiger partial charge in [-0.3, -0.25) is 9.69 Å². The molecule has 0 bridgehead atoms. The number of carbonyl (C=O) groups is 1. The summed E-state index contributed by atoms with van der Waals surface area (Å²) in [5.41, 5.74) is 0.428. The molecule has 7 heteroatoms. The number of anilines is 1. The second-order valence-electron chi connectivity index (χ2n) is 5.81. The van der Waals surface area contributed by atoms with Gasteiger partial charge in [-0.05, 0) is 19.8 Å². The van der Waals surface area contributed by atoms with Crippen molar-refractivity contribution in [1.29, 1.82) is 0 Å². The highest BCUT2D eigenvalue weighted by Gasteiger charge is 2.22. The third-order valence-electron chi connectivity index (χ3n) is 3.82. The standard InChI is InChI=1S/C15H23N5O2/c1-11-17-13(10-14(18-11)19-12-2-3-12)15(21)16-4-5-20-6-8-22-9-7-20/h10,12H,2-9H2,1H3,(H,16,21)(H,17,18,19). The summed E-state index contributed by atoms with van der Waals surface area (Å²) in [5, 5.41) is 6.24. The number of nitrogens with one attached hydrogen (secondary N) is 2. The van der Waals surface area contributed by atoms with E-state index in [1.807, 2.05) is 6.92 Å². The SMILES string of the molecule is Cc1nc(NC2CC2)cc(C(=O)NCCN2CCOCC2)n1. The minimum absolute atomic E-state index is 0.141. The van der Waals surface area contributed by atoms with E-state index < -0.39 is 0 Å². The van der Waals surface area contributed by atoms with Gasteiger partial charge in [0.25, 0.3) is 5.91 Å². The predicted molar refractivity (Wildman–Crippen MR) is 83.0 cm³/mol. The van der Waals surface area contributed by atoms with Gasteiger partial charge in [0, 0.05) is 38.3 Å². The topological polar surface area (TPSA) is 79.4 Å². The first-order valence-electron chi connectivity index (χ1n) is 7.91. The molecule has 2 heterocycles. The average molecular weight is 305 g/mol. The van der Waals surface area contributed by atoms with E-state index in [9.17, 15) is 4.79 Å². The molecule has 1 aliphatic carbocycles. The molecule has 0 spiro atoms. The van der Waals surface area contributed by atoms with Crippen LogP contribution in [0.25, 0.3) is 0 Å². The van der Waals surface area contributed by atoms with Crippen molar-refractivity contribution in [3.05, 3.63) is 17.6 Å². The highest BCUT2D eigenvalue weighted by Crippen LogP contribution is 2.23. The van der Waals surface area contributed by atoms with Crippen LogP contribution in [0.2, 0.25) is 0 Å². The molecule has 0 radical (unpaired) electrons. The van der Waals surface area contributed by atoms with E-state index >= 15 is 0 Å².